The van der Waals surface area contributed by atoms with Crippen molar-refractivity contribution in [1.29, 1.82) is 0 Å². The van der Waals surface area contributed by atoms with Crippen molar-refractivity contribution in [2.24, 2.45) is 11.8 Å². The normalized spacial score (nSPS) is 30.6. The van der Waals surface area contributed by atoms with Crippen LogP contribution in [0.3, 0.4) is 0 Å². The first kappa shape index (κ1) is 21.1. The molecular formula is C22H31ClN2O3S. The molecular weight excluding hydrogens is 408 g/mol. The zero-order valence-electron chi connectivity index (χ0n) is 17.1. The fourth-order valence-corrected chi connectivity index (χ4v) is 8.05. The van der Waals surface area contributed by atoms with Gasteiger partial charge in [0, 0.05) is 24.7 Å². The maximum Gasteiger partial charge on any atom is 0.245 e. The van der Waals surface area contributed by atoms with E-state index in [0.717, 1.165) is 19.4 Å². The summed E-state index contributed by atoms with van der Waals surface area (Å²) in [6.45, 7) is 4.01. The van der Waals surface area contributed by atoms with E-state index in [2.05, 4.69) is 5.32 Å². The lowest BCUT2D eigenvalue weighted by atomic mass is 9.75. The number of likely N-dealkylation sites (tertiary alicyclic amines) is 1. The summed E-state index contributed by atoms with van der Waals surface area (Å²) in [5, 5.41) is 3.62. The molecule has 5 nitrogen and oxygen atoms in total. The van der Waals surface area contributed by atoms with Crippen molar-refractivity contribution in [3.63, 3.8) is 0 Å². The number of sulfone groups is 1. The summed E-state index contributed by atoms with van der Waals surface area (Å²) in [6, 6.07) is 4.94. The van der Waals surface area contributed by atoms with Crippen LogP contribution in [-0.4, -0.2) is 50.2 Å². The second-order valence-electron chi connectivity index (χ2n) is 8.99. The number of hydrogen-bond acceptors (Lipinski definition) is 4. The Kier molecular flexibility index (Phi) is 5.97. The van der Waals surface area contributed by atoms with Crippen molar-refractivity contribution in [1.82, 2.24) is 10.2 Å². The number of hydrogen-bond donors (Lipinski definition) is 1. The second kappa shape index (κ2) is 8.20. The Morgan fingerprint density at radius 3 is 2.66 bits per heavy atom. The quantitative estimate of drug-likeness (QED) is 0.783. The molecule has 3 atom stereocenters. The zero-order chi connectivity index (χ0) is 20.6. The molecule has 3 fully saturated rings. The van der Waals surface area contributed by atoms with Gasteiger partial charge in [-0.2, -0.15) is 0 Å². The molecule has 1 N–H and O–H groups in total. The summed E-state index contributed by atoms with van der Waals surface area (Å²) in [7, 11) is -3.89. The number of piperidine rings is 2. The highest BCUT2D eigenvalue weighted by Gasteiger charge is 2.54. The first-order chi connectivity index (χ1) is 13.9. The number of benzene rings is 1. The second-order valence-corrected chi connectivity index (χ2v) is 11.6. The average molecular weight is 439 g/mol. The third kappa shape index (κ3) is 3.61. The highest BCUT2D eigenvalue weighted by atomic mass is 35.5. The molecule has 2 saturated heterocycles. The Balaban J connectivity index is 1.70. The van der Waals surface area contributed by atoms with E-state index in [1.165, 1.54) is 19.3 Å². The molecule has 7 heteroatoms. The lowest BCUT2D eigenvalue weighted by molar-refractivity contribution is -0.137. The fraction of sp³-hybridized carbons (Fsp3) is 0.682. The number of fused-ring (bicyclic) bond motifs is 1. The van der Waals surface area contributed by atoms with E-state index in [-0.39, 0.29) is 17.3 Å². The SMILES string of the molecule is Cc1c(Cl)cccc1S(=O)(=O)[C@@]1(C(=O)N2CC[C@H]3CCCC[C@@H]3C2)CCCNC1. The summed E-state index contributed by atoms with van der Waals surface area (Å²) in [4.78, 5) is 15.9. The van der Waals surface area contributed by atoms with E-state index >= 15 is 0 Å². The monoisotopic (exact) mass is 438 g/mol. The number of carbonyl (C=O) groups is 1. The van der Waals surface area contributed by atoms with Crippen LogP contribution in [0.5, 0.6) is 0 Å². The van der Waals surface area contributed by atoms with E-state index in [4.69, 9.17) is 11.6 Å². The molecule has 1 saturated carbocycles. The Morgan fingerprint density at radius 1 is 1.17 bits per heavy atom. The zero-order valence-corrected chi connectivity index (χ0v) is 18.7. The molecule has 160 valence electrons. The smallest absolute Gasteiger partial charge is 0.245 e. The minimum Gasteiger partial charge on any atom is -0.341 e. The van der Waals surface area contributed by atoms with Gasteiger partial charge in [-0.25, -0.2) is 8.42 Å². The van der Waals surface area contributed by atoms with Gasteiger partial charge in [-0.3, -0.25) is 4.79 Å². The molecule has 1 aromatic carbocycles. The van der Waals surface area contributed by atoms with Gasteiger partial charge in [0.1, 0.15) is 0 Å². The van der Waals surface area contributed by atoms with Crippen molar-refractivity contribution in [2.45, 2.75) is 61.5 Å². The molecule has 4 rings (SSSR count). The van der Waals surface area contributed by atoms with Crippen molar-refractivity contribution < 1.29 is 13.2 Å². The number of halogens is 1. The predicted octanol–water partition coefficient (Wildman–Crippen LogP) is 3.58. The molecule has 0 radical (unpaired) electrons. The maximum absolute atomic E-state index is 13.9. The van der Waals surface area contributed by atoms with Crippen molar-refractivity contribution in [3.8, 4) is 0 Å². The Hall–Kier alpha value is -1.11. The average Bonchev–Trinajstić information content (AvgIpc) is 2.75. The Morgan fingerprint density at radius 2 is 1.93 bits per heavy atom. The number of carbonyl (C=O) groups excluding carboxylic acids is 1. The first-order valence-electron chi connectivity index (χ1n) is 10.9. The van der Waals surface area contributed by atoms with Gasteiger partial charge in [-0.1, -0.05) is 36.9 Å². The predicted molar refractivity (Wildman–Crippen MR) is 115 cm³/mol. The van der Waals surface area contributed by atoms with Crippen molar-refractivity contribution in [2.75, 3.05) is 26.2 Å². The van der Waals surface area contributed by atoms with E-state index in [9.17, 15) is 13.2 Å². The summed E-state index contributed by atoms with van der Waals surface area (Å²) in [5.41, 5.74) is 0.526. The van der Waals surface area contributed by atoms with E-state index in [1.54, 1.807) is 25.1 Å². The van der Waals surface area contributed by atoms with Gasteiger partial charge in [0.15, 0.2) is 14.6 Å². The lowest BCUT2D eigenvalue weighted by Crippen LogP contribution is -2.63. The van der Waals surface area contributed by atoms with Gasteiger partial charge in [-0.05, 0) is 68.7 Å². The Labute approximate surface area is 179 Å². The Bertz CT molecular complexity index is 880. The molecule has 29 heavy (non-hydrogen) atoms. The first-order valence-corrected chi connectivity index (χ1v) is 12.7. The van der Waals surface area contributed by atoms with Crippen LogP contribution < -0.4 is 5.32 Å². The summed E-state index contributed by atoms with van der Waals surface area (Å²) in [6.07, 6.45) is 6.93. The van der Waals surface area contributed by atoms with Gasteiger partial charge >= 0.3 is 0 Å². The van der Waals surface area contributed by atoms with Crippen LogP contribution >= 0.6 is 11.6 Å². The van der Waals surface area contributed by atoms with Crippen molar-refractivity contribution >= 4 is 27.3 Å². The summed E-state index contributed by atoms with van der Waals surface area (Å²) >= 11 is 6.23. The van der Waals surface area contributed by atoms with Crippen LogP contribution in [0.25, 0.3) is 0 Å². The van der Waals surface area contributed by atoms with Gasteiger partial charge < -0.3 is 10.2 Å². The molecule has 1 aromatic rings. The van der Waals surface area contributed by atoms with E-state index < -0.39 is 14.6 Å². The molecule has 0 unspecified atom stereocenters. The highest BCUT2D eigenvalue weighted by Crippen LogP contribution is 2.40. The van der Waals surface area contributed by atoms with Crippen LogP contribution in [0.2, 0.25) is 5.02 Å². The number of rotatable bonds is 3. The van der Waals surface area contributed by atoms with Gasteiger partial charge in [0.2, 0.25) is 5.91 Å². The number of amides is 1. The topological polar surface area (TPSA) is 66.5 Å². The summed E-state index contributed by atoms with van der Waals surface area (Å²) < 4.78 is 26.4. The molecule has 2 heterocycles. The van der Waals surface area contributed by atoms with E-state index in [1.807, 2.05) is 4.90 Å². The molecule has 0 spiro atoms. The van der Waals surface area contributed by atoms with Gasteiger partial charge in [0.05, 0.1) is 4.90 Å². The van der Waals surface area contributed by atoms with Gasteiger partial charge in [-0.15, -0.1) is 0 Å². The van der Waals surface area contributed by atoms with E-state index in [0.29, 0.717) is 48.4 Å². The molecule has 3 aliphatic rings. The standard InChI is InChI=1S/C22H31ClN2O3S/c1-16-19(23)8-4-9-20(16)29(27,28)22(11-5-12-24-15-22)21(26)25-13-10-17-6-2-3-7-18(17)14-25/h4,8-9,17-18,24H,2-3,5-7,10-15H2,1H3/t17-,18-,22+/m1/s1. The lowest BCUT2D eigenvalue weighted by Gasteiger charge is -2.45. The minimum absolute atomic E-state index is 0.171. The van der Waals surface area contributed by atoms with Crippen LogP contribution in [0.4, 0.5) is 0 Å². The number of nitrogens with one attached hydrogen (secondary N) is 1. The molecule has 0 aromatic heterocycles. The van der Waals surface area contributed by atoms with Crippen LogP contribution in [0.15, 0.2) is 23.1 Å². The van der Waals surface area contributed by atoms with Crippen LogP contribution in [0, 0.1) is 18.8 Å². The van der Waals surface area contributed by atoms with Crippen LogP contribution in [0.1, 0.15) is 50.5 Å². The van der Waals surface area contributed by atoms with Gasteiger partial charge in [0.25, 0.3) is 0 Å². The van der Waals surface area contributed by atoms with Crippen molar-refractivity contribution in [3.05, 3.63) is 28.8 Å². The molecule has 2 aliphatic heterocycles. The molecule has 0 bridgehead atoms. The minimum atomic E-state index is -3.89. The third-order valence-electron chi connectivity index (χ3n) is 7.33. The summed E-state index contributed by atoms with van der Waals surface area (Å²) in [5.74, 6) is 0.999. The fourth-order valence-electron chi connectivity index (χ4n) is 5.57. The number of nitrogens with zero attached hydrogens (tertiary/aromatic N) is 1. The maximum atomic E-state index is 13.9. The van der Waals surface area contributed by atoms with Crippen LogP contribution in [-0.2, 0) is 14.6 Å². The highest BCUT2D eigenvalue weighted by molar-refractivity contribution is 7.93. The molecule has 1 amide bonds. The molecule has 1 aliphatic carbocycles. The third-order valence-corrected chi connectivity index (χ3v) is 10.3. The largest absolute Gasteiger partial charge is 0.341 e.